The molecule has 2 aromatic rings. The van der Waals surface area contributed by atoms with E-state index in [9.17, 15) is 5.11 Å². The minimum absolute atomic E-state index is 0.384. The van der Waals surface area contributed by atoms with Gasteiger partial charge in [-0.15, -0.1) is 0 Å². The van der Waals surface area contributed by atoms with E-state index < -0.39 is 0 Å². The molecule has 0 bridgehead atoms. The molecule has 2 aromatic carbocycles. The van der Waals surface area contributed by atoms with Crippen LogP contribution >= 0.6 is 0 Å². The van der Waals surface area contributed by atoms with Crippen LogP contribution in [0.2, 0.25) is 0 Å². The Morgan fingerprint density at radius 1 is 1.09 bits per heavy atom. The fourth-order valence-corrected chi connectivity index (χ4v) is 2.16. The number of benzene rings is 2. The van der Waals surface area contributed by atoms with Crippen LogP contribution in [0.1, 0.15) is 16.7 Å². The van der Waals surface area contributed by atoms with Crippen LogP contribution in [0.3, 0.4) is 0 Å². The number of rotatable bonds is 7. The Balaban J connectivity index is 1.68. The lowest BCUT2D eigenvalue weighted by molar-refractivity contribution is 0.173. The molecule has 22 heavy (non-hydrogen) atoms. The van der Waals surface area contributed by atoms with Crippen LogP contribution in [0.5, 0.6) is 0 Å². The molecule has 0 aromatic heterocycles. The van der Waals surface area contributed by atoms with E-state index in [0.717, 1.165) is 11.1 Å². The van der Waals surface area contributed by atoms with Gasteiger partial charge < -0.3 is 10.4 Å². The van der Waals surface area contributed by atoms with E-state index in [4.69, 9.17) is 5.26 Å². The summed E-state index contributed by atoms with van der Waals surface area (Å²) < 4.78 is 0. The molecule has 0 aliphatic carbocycles. The van der Waals surface area contributed by atoms with Gasteiger partial charge in [-0.25, -0.2) is 0 Å². The van der Waals surface area contributed by atoms with Crippen molar-refractivity contribution in [3.05, 3.63) is 77.4 Å². The number of nitriles is 1. The first-order chi connectivity index (χ1) is 10.8. The molecular formula is C19H20N2O. The molecule has 1 unspecified atom stereocenters. The standard InChI is InChI=1S/C19H20N2O/c20-14-18-10-8-16(9-11-18)7-4-12-21-15-19(22)13-17-5-2-1-3-6-17/h1-11,19,21-22H,12-13,15H2/b7-4+. The lowest BCUT2D eigenvalue weighted by atomic mass is 10.1. The second kappa shape index (κ2) is 8.78. The van der Waals surface area contributed by atoms with Crippen molar-refractivity contribution in [1.29, 1.82) is 5.26 Å². The summed E-state index contributed by atoms with van der Waals surface area (Å²) in [5.41, 5.74) is 2.87. The Morgan fingerprint density at radius 3 is 2.50 bits per heavy atom. The summed E-state index contributed by atoms with van der Waals surface area (Å²) in [7, 11) is 0. The maximum atomic E-state index is 9.96. The first-order valence-corrected chi connectivity index (χ1v) is 7.37. The molecule has 0 radical (unpaired) electrons. The van der Waals surface area contributed by atoms with Crippen LogP contribution in [0.15, 0.2) is 60.7 Å². The van der Waals surface area contributed by atoms with Crippen LogP contribution in [-0.2, 0) is 6.42 Å². The first-order valence-electron chi connectivity index (χ1n) is 7.37. The molecule has 112 valence electrons. The molecule has 2 rings (SSSR count). The van der Waals surface area contributed by atoms with Crippen molar-refractivity contribution in [1.82, 2.24) is 5.32 Å². The van der Waals surface area contributed by atoms with E-state index in [1.807, 2.05) is 54.6 Å². The van der Waals surface area contributed by atoms with Crippen LogP contribution in [-0.4, -0.2) is 24.3 Å². The van der Waals surface area contributed by atoms with Crippen LogP contribution in [0.25, 0.3) is 6.08 Å². The predicted octanol–water partition coefficient (Wildman–Crippen LogP) is 2.76. The summed E-state index contributed by atoms with van der Waals surface area (Å²) in [5.74, 6) is 0. The first kappa shape index (κ1) is 16.0. The maximum absolute atomic E-state index is 9.96. The number of nitrogens with one attached hydrogen (secondary N) is 1. The summed E-state index contributed by atoms with van der Waals surface area (Å²) in [6, 6.07) is 19.5. The Bertz CT molecular complexity index is 627. The SMILES string of the molecule is N#Cc1ccc(/C=C/CNCC(O)Cc2ccccc2)cc1. The van der Waals surface area contributed by atoms with Gasteiger partial charge in [0.25, 0.3) is 0 Å². The molecule has 0 spiro atoms. The molecular weight excluding hydrogens is 272 g/mol. The van der Waals surface area contributed by atoms with Gasteiger partial charge in [0, 0.05) is 13.1 Å². The monoisotopic (exact) mass is 292 g/mol. The molecule has 0 aliphatic rings. The third kappa shape index (κ3) is 5.53. The summed E-state index contributed by atoms with van der Waals surface area (Å²) in [6.07, 6.45) is 4.28. The molecule has 0 saturated heterocycles. The average molecular weight is 292 g/mol. The maximum Gasteiger partial charge on any atom is 0.0991 e. The quantitative estimate of drug-likeness (QED) is 0.772. The smallest absolute Gasteiger partial charge is 0.0991 e. The van der Waals surface area contributed by atoms with Crippen molar-refractivity contribution >= 4 is 6.08 Å². The molecule has 0 saturated carbocycles. The van der Waals surface area contributed by atoms with Gasteiger partial charge in [-0.05, 0) is 29.7 Å². The van der Waals surface area contributed by atoms with Gasteiger partial charge in [0.05, 0.1) is 17.7 Å². The zero-order valence-corrected chi connectivity index (χ0v) is 12.4. The Hall–Kier alpha value is -2.41. The minimum atomic E-state index is -0.384. The summed E-state index contributed by atoms with van der Waals surface area (Å²) >= 11 is 0. The number of hydrogen-bond donors (Lipinski definition) is 2. The predicted molar refractivity (Wildman–Crippen MR) is 89.2 cm³/mol. The highest BCUT2D eigenvalue weighted by Gasteiger charge is 2.03. The van der Waals surface area contributed by atoms with Crippen LogP contribution in [0.4, 0.5) is 0 Å². The summed E-state index contributed by atoms with van der Waals surface area (Å²) in [5, 5.41) is 21.9. The van der Waals surface area contributed by atoms with Crippen molar-refractivity contribution < 1.29 is 5.11 Å². The van der Waals surface area contributed by atoms with Crippen LogP contribution in [0, 0.1) is 11.3 Å². The van der Waals surface area contributed by atoms with Gasteiger partial charge in [-0.1, -0.05) is 54.6 Å². The van der Waals surface area contributed by atoms with Gasteiger partial charge in [0.15, 0.2) is 0 Å². The third-order valence-electron chi connectivity index (χ3n) is 3.31. The molecule has 0 fully saturated rings. The lowest BCUT2D eigenvalue weighted by Crippen LogP contribution is -2.28. The third-order valence-corrected chi connectivity index (χ3v) is 3.31. The highest BCUT2D eigenvalue weighted by Crippen LogP contribution is 2.05. The van der Waals surface area contributed by atoms with Crippen molar-refractivity contribution in [2.45, 2.75) is 12.5 Å². The molecule has 3 nitrogen and oxygen atoms in total. The largest absolute Gasteiger partial charge is 0.391 e. The fraction of sp³-hybridized carbons (Fsp3) is 0.211. The molecule has 3 heteroatoms. The highest BCUT2D eigenvalue weighted by atomic mass is 16.3. The summed E-state index contributed by atoms with van der Waals surface area (Å²) in [4.78, 5) is 0. The minimum Gasteiger partial charge on any atom is -0.391 e. The second-order valence-electron chi connectivity index (χ2n) is 5.14. The summed E-state index contributed by atoms with van der Waals surface area (Å²) in [6.45, 7) is 1.26. The molecule has 0 heterocycles. The van der Waals surface area contributed by atoms with Crippen molar-refractivity contribution in [2.24, 2.45) is 0 Å². The van der Waals surface area contributed by atoms with E-state index in [-0.39, 0.29) is 6.10 Å². The molecule has 0 aliphatic heterocycles. The zero-order valence-electron chi connectivity index (χ0n) is 12.4. The average Bonchev–Trinajstić information content (AvgIpc) is 2.56. The van der Waals surface area contributed by atoms with Crippen LogP contribution < -0.4 is 5.32 Å². The normalized spacial score (nSPS) is 12.2. The van der Waals surface area contributed by atoms with E-state index in [1.165, 1.54) is 0 Å². The fourth-order valence-electron chi connectivity index (χ4n) is 2.16. The topological polar surface area (TPSA) is 56.0 Å². The van der Waals surface area contributed by atoms with Crippen molar-refractivity contribution in [3.63, 3.8) is 0 Å². The number of aliphatic hydroxyl groups excluding tert-OH is 1. The zero-order chi connectivity index (χ0) is 15.6. The Kier molecular flexibility index (Phi) is 6.38. The van der Waals surface area contributed by atoms with E-state index >= 15 is 0 Å². The highest BCUT2D eigenvalue weighted by molar-refractivity contribution is 5.51. The van der Waals surface area contributed by atoms with Crippen molar-refractivity contribution in [2.75, 3.05) is 13.1 Å². The van der Waals surface area contributed by atoms with Gasteiger partial charge in [-0.3, -0.25) is 0 Å². The Morgan fingerprint density at radius 2 is 1.82 bits per heavy atom. The lowest BCUT2D eigenvalue weighted by Gasteiger charge is -2.10. The molecule has 2 N–H and O–H groups in total. The van der Waals surface area contributed by atoms with E-state index in [1.54, 1.807) is 12.1 Å². The number of nitrogens with zero attached hydrogens (tertiary/aromatic N) is 1. The van der Waals surface area contributed by atoms with Gasteiger partial charge in [0.2, 0.25) is 0 Å². The van der Waals surface area contributed by atoms with Gasteiger partial charge in [-0.2, -0.15) is 5.26 Å². The van der Waals surface area contributed by atoms with E-state index in [2.05, 4.69) is 11.4 Å². The second-order valence-corrected chi connectivity index (χ2v) is 5.14. The number of aliphatic hydroxyl groups is 1. The molecule has 0 amide bonds. The Labute approximate surface area is 131 Å². The van der Waals surface area contributed by atoms with Gasteiger partial charge in [0.1, 0.15) is 0 Å². The van der Waals surface area contributed by atoms with E-state index in [0.29, 0.717) is 25.1 Å². The number of hydrogen-bond acceptors (Lipinski definition) is 3. The van der Waals surface area contributed by atoms with Gasteiger partial charge >= 0.3 is 0 Å². The molecule has 1 atom stereocenters. The van der Waals surface area contributed by atoms with Crippen molar-refractivity contribution in [3.8, 4) is 6.07 Å².